The molecule has 1 fully saturated rings. The van der Waals surface area contributed by atoms with E-state index in [4.69, 9.17) is 13.7 Å². The van der Waals surface area contributed by atoms with E-state index in [0.29, 0.717) is 11.2 Å². The number of aliphatic hydroxyl groups is 2. The van der Waals surface area contributed by atoms with Crippen molar-refractivity contribution in [3.63, 3.8) is 0 Å². The predicted octanol–water partition coefficient (Wildman–Crippen LogP) is -1.57. The lowest BCUT2D eigenvalue weighted by molar-refractivity contribution is -0.0502. The molecule has 0 unspecified atom stereocenters. The molecule has 2 N–H and O–H groups in total. The summed E-state index contributed by atoms with van der Waals surface area (Å²) < 4.78 is 39.6. The van der Waals surface area contributed by atoms with Crippen molar-refractivity contribution in [3.05, 3.63) is 12.7 Å². The Morgan fingerprint density at radius 1 is 1.38 bits per heavy atom. The van der Waals surface area contributed by atoms with Crippen molar-refractivity contribution >= 4 is 21.3 Å². The maximum atomic E-state index is 11.4. The van der Waals surface area contributed by atoms with Crippen molar-refractivity contribution in [1.82, 2.24) is 19.5 Å². The second-order valence-electron chi connectivity index (χ2n) is 5.21. The van der Waals surface area contributed by atoms with Crippen LogP contribution in [-0.4, -0.2) is 76.4 Å². The zero-order valence-electron chi connectivity index (χ0n) is 12.8. The minimum Gasteiger partial charge on any atom is -0.479 e. The molecule has 2 aromatic heterocycles. The molecular formula is C12H16N4O7S. The first kappa shape index (κ1) is 17.0. The summed E-state index contributed by atoms with van der Waals surface area (Å²) in [6.07, 6.45) is -1.22. The van der Waals surface area contributed by atoms with Gasteiger partial charge in [0, 0.05) is 0 Å². The van der Waals surface area contributed by atoms with E-state index in [0.717, 1.165) is 6.26 Å². The van der Waals surface area contributed by atoms with Gasteiger partial charge in [-0.05, 0) is 0 Å². The van der Waals surface area contributed by atoms with Crippen LogP contribution in [0.3, 0.4) is 0 Å². The maximum Gasteiger partial charge on any atom is 0.264 e. The van der Waals surface area contributed by atoms with E-state index in [-0.39, 0.29) is 5.88 Å². The SMILES string of the molecule is COc1ncnc2c1ncn2[C@@H]1O[C@H](CO)[C@H](OS(C)(=O)=O)[C@H]1O. The van der Waals surface area contributed by atoms with Gasteiger partial charge in [0.15, 0.2) is 17.4 Å². The average molecular weight is 360 g/mol. The zero-order chi connectivity index (χ0) is 17.5. The molecular weight excluding hydrogens is 344 g/mol. The number of rotatable bonds is 5. The summed E-state index contributed by atoms with van der Waals surface area (Å²) in [4.78, 5) is 12.1. The van der Waals surface area contributed by atoms with Crippen LogP contribution >= 0.6 is 0 Å². The van der Waals surface area contributed by atoms with Crippen molar-refractivity contribution < 1.29 is 32.3 Å². The number of nitrogens with zero attached hydrogens (tertiary/aromatic N) is 4. The number of methoxy groups -OCH3 is 1. The highest BCUT2D eigenvalue weighted by Gasteiger charge is 2.47. The molecule has 3 heterocycles. The topological polar surface area (TPSA) is 146 Å². The third kappa shape index (κ3) is 2.93. The van der Waals surface area contributed by atoms with E-state index < -0.39 is 41.3 Å². The predicted molar refractivity (Wildman–Crippen MR) is 78.6 cm³/mol. The van der Waals surface area contributed by atoms with Gasteiger partial charge in [0.25, 0.3) is 10.1 Å². The second kappa shape index (κ2) is 6.22. The molecule has 0 saturated carbocycles. The number of fused-ring (bicyclic) bond motifs is 1. The lowest BCUT2D eigenvalue weighted by Gasteiger charge is -2.18. The molecule has 0 radical (unpaired) electrons. The second-order valence-corrected chi connectivity index (χ2v) is 6.81. The summed E-state index contributed by atoms with van der Waals surface area (Å²) in [6, 6.07) is 0. The Bertz CT molecular complexity index is 839. The lowest BCUT2D eigenvalue weighted by atomic mass is 10.1. The van der Waals surface area contributed by atoms with Crippen LogP contribution in [0.1, 0.15) is 6.23 Å². The monoisotopic (exact) mass is 360 g/mol. The van der Waals surface area contributed by atoms with Gasteiger partial charge in [0.1, 0.15) is 24.6 Å². The maximum absolute atomic E-state index is 11.4. The van der Waals surface area contributed by atoms with Gasteiger partial charge >= 0.3 is 0 Å². The number of hydrogen-bond acceptors (Lipinski definition) is 10. The molecule has 24 heavy (non-hydrogen) atoms. The van der Waals surface area contributed by atoms with Gasteiger partial charge in [-0.1, -0.05) is 0 Å². The number of hydrogen-bond donors (Lipinski definition) is 2. The fraction of sp³-hybridized carbons (Fsp3) is 0.583. The molecule has 0 bridgehead atoms. The molecule has 0 aliphatic carbocycles. The quantitative estimate of drug-likeness (QED) is 0.600. The van der Waals surface area contributed by atoms with Gasteiger partial charge in [-0.2, -0.15) is 13.4 Å². The summed E-state index contributed by atoms with van der Waals surface area (Å²) in [5.41, 5.74) is 0.673. The molecule has 0 aromatic carbocycles. The van der Waals surface area contributed by atoms with Crippen LogP contribution in [0, 0.1) is 0 Å². The van der Waals surface area contributed by atoms with Gasteiger partial charge in [0.05, 0.1) is 26.3 Å². The highest BCUT2D eigenvalue weighted by Crippen LogP contribution is 2.34. The molecule has 0 spiro atoms. The van der Waals surface area contributed by atoms with Crippen LogP contribution in [0.4, 0.5) is 0 Å². The van der Waals surface area contributed by atoms with E-state index in [1.54, 1.807) is 0 Å². The van der Waals surface area contributed by atoms with Crippen LogP contribution in [0.5, 0.6) is 5.88 Å². The van der Waals surface area contributed by atoms with E-state index in [9.17, 15) is 18.6 Å². The minimum absolute atomic E-state index is 0.244. The smallest absolute Gasteiger partial charge is 0.264 e. The summed E-state index contributed by atoms with van der Waals surface area (Å²) in [6.45, 7) is -0.529. The first-order valence-corrected chi connectivity index (χ1v) is 8.71. The largest absolute Gasteiger partial charge is 0.479 e. The summed E-state index contributed by atoms with van der Waals surface area (Å²) >= 11 is 0. The Balaban J connectivity index is 1.98. The lowest BCUT2D eigenvalue weighted by Crippen LogP contribution is -2.37. The first-order valence-electron chi connectivity index (χ1n) is 6.90. The summed E-state index contributed by atoms with van der Waals surface area (Å²) in [7, 11) is -2.42. The molecule has 1 saturated heterocycles. The molecule has 11 nitrogen and oxygen atoms in total. The van der Waals surface area contributed by atoms with Gasteiger partial charge in [-0.25, -0.2) is 9.97 Å². The summed E-state index contributed by atoms with van der Waals surface area (Å²) in [5, 5.41) is 19.8. The molecule has 2 aromatic rings. The zero-order valence-corrected chi connectivity index (χ0v) is 13.6. The van der Waals surface area contributed by atoms with Gasteiger partial charge in [-0.15, -0.1) is 0 Å². The normalized spacial score (nSPS) is 27.7. The first-order chi connectivity index (χ1) is 11.4. The molecule has 132 valence electrons. The van der Waals surface area contributed by atoms with Gasteiger partial charge in [-0.3, -0.25) is 8.75 Å². The molecule has 1 aliphatic rings. The molecule has 1 aliphatic heterocycles. The van der Waals surface area contributed by atoms with Crippen molar-refractivity contribution in [2.24, 2.45) is 0 Å². The fourth-order valence-corrected chi connectivity index (χ4v) is 3.22. The molecule has 4 atom stereocenters. The van der Waals surface area contributed by atoms with Crippen LogP contribution in [0.25, 0.3) is 11.2 Å². The standard InChI is InChI=1S/C12H16N4O7S/c1-21-11-7-10(13-4-14-11)16(5-15-7)12-8(18)9(6(3-17)22-12)23-24(2,19)20/h4-6,8-9,12,17-18H,3H2,1-2H3/t6-,8-,9+,12-/m1/s1. The van der Waals surface area contributed by atoms with Crippen LogP contribution in [-0.2, 0) is 19.0 Å². The van der Waals surface area contributed by atoms with Crippen LogP contribution < -0.4 is 4.74 Å². The van der Waals surface area contributed by atoms with Crippen molar-refractivity contribution in [2.45, 2.75) is 24.5 Å². The van der Waals surface area contributed by atoms with Crippen molar-refractivity contribution in [2.75, 3.05) is 20.0 Å². The third-order valence-electron chi connectivity index (χ3n) is 3.57. The Kier molecular flexibility index (Phi) is 4.40. The molecule has 0 amide bonds. The highest BCUT2D eigenvalue weighted by atomic mass is 32.2. The Hall–Kier alpha value is -1.86. The van der Waals surface area contributed by atoms with Crippen LogP contribution in [0.2, 0.25) is 0 Å². The van der Waals surface area contributed by atoms with Crippen molar-refractivity contribution in [1.29, 1.82) is 0 Å². The number of imidazole rings is 1. The van der Waals surface area contributed by atoms with Gasteiger partial charge < -0.3 is 19.7 Å². The van der Waals surface area contributed by atoms with Crippen LogP contribution in [0.15, 0.2) is 12.7 Å². The highest BCUT2D eigenvalue weighted by molar-refractivity contribution is 7.86. The number of aliphatic hydroxyl groups excluding tert-OH is 2. The molecule has 3 rings (SSSR count). The third-order valence-corrected chi connectivity index (χ3v) is 4.14. The van der Waals surface area contributed by atoms with Crippen molar-refractivity contribution in [3.8, 4) is 5.88 Å². The number of aromatic nitrogens is 4. The van der Waals surface area contributed by atoms with E-state index in [1.807, 2.05) is 0 Å². The Morgan fingerprint density at radius 3 is 2.75 bits per heavy atom. The minimum atomic E-state index is -3.85. The Labute approximate surface area is 137 Å². The average Bonchev–Trinajstić information content (AvgIpc) is 3.08. The Morgan fingerprint density at radius 2 is 2.12 bits per heavy atom. The van der Waals surface area contributed by atoms with E-state index >= 15 is 0 Å². The van der Waals surface area contributed by atoms with Gasteiger partial charge in [0.2, 0.25) is 5.88 Å². The van der Waals surface area contributed by atoms with E-state index in [1.165, 1.54) is 24.3 Å². The summed E-state index contributed by atoms with van der Waals surface area (Å²) in [5.74, 6) is 0.244. The fourth-order valence-electron chi connectivity index (χ4n) is 2.58. The number of ether oxygens (including phenoxy) is 2. The molecule has 12 heteroatoms. The van der Waals surface area contributed by atoms with E-state index in [2.05, 4.69) is 15.0 Å².